The zero-order valence-corrected chi connectivity index (χ0v) is 11.4. The van der Waals surface area contributed by atoms with E-state index in [1.165, 1.54) is 12.1 Å². The van der Waals surface area contributed by atoms with Gasteiger partial charge in [0.15, 0.2) is 6.61 Å². The molecule has 0 aliphatic heterocycles. The van der Waals surface area contributed by atoms with Crippen LogP contribution in [0.1, 0.15) is 24.8 Å². The van der Waals surface area contributed by atoms with E-state index in [-0.39, 0.29) is 18.5 Å². The first-order chi connectivity index (χ1) is 9.60. The molecule has 5 nitrogen and oxygen atoms in total. The van der Waals surface area contributed by atoms with E-state index in [1.54, 1.807) is 6.07 Å². The molecule has 1 aliphatic carbocycles. The number of nitrogens with one attached hydrogen (secondary N) is 1. The molecule has 1 fully saturated rings. The van der Waals surface area contributed by atoms with Crippen molar-refractivity contribution in [1.29, 1.82) is 5.26 Å². The van der Waals surface area contributed by atoms with Crippen LogP contribution in [0.2, 0.25) is 5.02 Å². The zero-order chi connectivity index (χ0) is 14.5. The molecule has 1 amide bonds. The topological polar surface area (TPSA) is 79.2 Å². The standard InChI is InChI=1S/C14H13ClN2O3/c15-11-5-4-10(7-16)12(6-11)17-13(18)8-20-14(19)9-2-1-3-9/h4-6,9H,1-3,8H2,(H,17,18). The number of nitrogens with zero attached hydrogens (tertiary/aromatic N) is 1. The smallest absolute Gasteiger partial charge is 0.309 e. The number of anilines is 1. The summed E-state index contributed by atoms with van der Waals surface area (Å²) in [7, 11) is 0. The highest BCUT2D eigenvalue weighted by Gasteiger charge is 2.27. The maximum atomic E-state index is 11.7. The third kappa shape index (κ3) is 3.49. The first kappa shape index (κ1) is 14.4. The van der Waals surface area contributed by atoms with Gasteiger partial charge in [-0.1, -0.05) is 18.0 Å². The molecule has 1 aromatic rings. The van der Waals surface area contributed by atoms with Gasteiger partial charge in [0.1, 0.15) is 6.07 Å². The Balaban J connectivity index is 1.89. The summed E-state index contributed by atoms with van der Waals surface area (Å²) in [5.74, 6) is -0.891. The lowest BCUT2D eigenvalue weighted by atomic mass is 9.86. The molecule has 0 spiro atoms. The molecule has 0 radical (unpaired) electrons. The van der Waals surface area contributed by atoms with Crippen molar-refractivity contribution in [2.24, 2.45) is 5.92 Å². The Kier molecular flexibility index (Phi) is 4.59. The predicted molar refractivity (Wildman–Crippen MR) is 73.1 cm³/mol. The highest BCUT2D eigenvalue weighted by Crippen LogP contribution is 2.27. The molecule has 1 saturated carbocycles. The maximum Gasteiger partial charge on any atom is 0.309 e. The maximum absolute atomic E-state index is 11.7. The fourth-order valence-corrected chi connectivity index (χ4v) is 1.97. The molecule has 104 valence electrons. The minimum absolute atomic E-state index is 0.0661. The van der Waals surface area contributed by atoms with Gasteiger partial charge in [-0.15, -0.1) is 0 Å². The van der Waals surface area contributed by atoms with Crippen LogP contribution >= 0.6 is 11.6 Å². The van der Waals surface area contributed by atoms with E-state index in [0.29, 0.717) is 16.3 Å². The van der Waals surface area contributed by atoms with Crippen LogP contribution in [0.15, 0.2) is 18.2 Å². The molecule has 0 atom stereocenters. The van der Waals surface area contributed by atoms with Gasteiger partial charge in [0.05, 0.1) is 17.2 Å². The molecule has 0 saturated heterocycles. The zero-order valence-electron chi connectivity index (χ0n) is 10.7. The van der Waals surface area contributed by atoms with E-state index in [0.717, 1.165) is 19.3 Å². The molecule has 0 aromatic heterocycles. The Hall–Kier alpha value is -2.06. The Morgan fingerprint density at radius 3 is 2.80 bits per heavy atom. The Labute approximate surface area is 121 Å². The molecule has 6 heteroatoms. The first-order valence-corrected chi connectivity index (χ1v) is 6.64. The van der Waals surface area contributed by atoms with Crippen molar-refractivity contribution in [3.8, 4) is 6.07 Å². The van der Waals surface area contributed by atoms with Crippen LogP contribution in [0, 0.1) is 17.2 Å². The molecule has 2 rings (SSSR count). The summed E-state index contributed by atoms with van der Waals surface area (Å²) in [6, 6.07) is 6.50. The van der Waals surface area contributed by atoms with Gasteiger partial charge < -0.3 is 10.1 Å². The summed E-state index contributed by atoms with van der Waals surface area (Å²) < 4.78 is 4.92. The molecule has 20 heavy (non-hydrogen) atoms. The summed E-state index contributed by atoms with van der Waals surface area (Å²) in [4.78, 5) is 23.2. The predicted octanol–water partition coefficient (Wildman–Crippen LogP) is 2.49. The molecule has 1 aliphatic rings. The second kappa shape index (κ2) is 6.40. The second-order valence-corrected chi connectivity index (χ2v) is 5.02. The largest absolute Gasteiger partial charge is 0.455 e. The van der Waals surface area contributed by atoms with E-state index >= 15 is 0 Å². The minimum atomic E-state index is -0.489. The lowest BCUT2D eigenvalue weighted by Gasteiger charge is -2.22. The fourth-order valence-electron chi connectivity index (χ4n) is 1.80. The summed E-state index contributed by atoms with van der Waals surface area (Å²) in [5, 5.41) is 11.8. The van der Waals surface area contributed by atoms with Gasteiger partial charge >= 0.3 is 5.97 Å². The molecular formula is C14H13ClN2O3. The van der Waals surface area contributed by atoms with Crippen molar-refractivity contribution in [3.05, 3.63) is 28.8 Å². The Morgan fingerprint density at radius 1 is 1.45 bits per heavy atom. The number of hydrogen-bond donors (Lipinski definition) is 1. The van der Waals surface area contributed by atoms with Gasteiger partial charge in [0, 0.05) is 5.02 Å². The van der Waals surface area contributed by atoms with Crippen LogP contribution in [0.3, 0.4) is 0 Å². The third-order valence-corrected chi connectivity index (χ3v) is 3.40. The number of carbonyl (C=O) groups excluding carboxylic acids is 2. The number of esters is 1. The molecule has 1 aromatic carbocycles. The van der Waals surface area contributed by atoms with Gasteiger partial charge in [-0.25, -0.2) is 0 Å². The molecule has 0 unspecified atom stereocenters. The normalized spacial score (nSPS) is 14.0. The summed E-state index contributed by atoms with van der Waals surface area (Å²) >= 11 is 5.81. The van der Waals surface area contributed by atoms with E-state index in [4.69, 9.17) is 21.6 Å². The van der Waals surface area contributed by atoms with E-state index in [1.807, 2.05) is 6.07 Å². The van der Waals surface area contributed by atoms with Crippen molar-refractivity contribution in [2.45, 2.75) is 19.3 Å². The van der Waals surface area contributed by atoms with Crippen LogP contribution in [0.25, 0.3) is 0 Å². The van der Waals surface area contributed by atoms with Crippen LogP contribution in [-0.4, -0.2) is 18.5 Å². The van der Waals surface area contributed by atoms with Gasteiger partial charge in [-0.3, -0.25) is 9.59 Å². The second-order valence-electron chi connectivity index (χ2n) is 4.59. The fraction of sp³-hybridized carbons (Fsp3) is 0.357. The average Bonchev–Trinajstić information content (AvgIpc) is 2.34. The first-order valence-electron chi connectivity index (χ1n) is 6.26. The van der Waals surface area contributed by atoms with Crippen LogP contribution in [0.5, 0.6) is 0 Å². The molecule has 1 N–H and O–H groups in total. The number of hydrogen-bond acceptors (Lipinski definition) is 4. The van der Waals surface area contributed by atoms with Gasteiger partial charge in [-0.2, -0.15) is 5.26 Å². The van der Waals surface area contributed by atoms with E-state index in [2.05, 4.69) is 5.32 Å². The van der Waals surface area contributed by atoms with Crippen LogP contribution in [0.4, 0.5) is 5.69 Å². The van der Waals surface area contributed by atoms with Crippen LogP contribution < -0.4 is 5.32 Å². The lowest BCUT2D eigenvalue weighted by molar-refractivity contribution is -0.154. The average molecular weight is 293 g/mol. The third-order valence-electron chi connectivity index (χ3n) is 3.16. The number of amides is 1. The van der Waals surface area contributed by atoms with Crippen LogP contribution in [-0.2, 0) is 14.3 Å². The SMILES string of the molecule is N#Cc1ccc(Cl)cc1NC(=O)COC(=O)C1CCC1. The van der Waals surface area contributed by atoms with Gasteiger partial charge in [0.25, 0.3) is 5.91 Å². The van der Waals surface area contributed by atoms with Crippen molar-refractivity contribution < 1.29 is 14.3 Å². The van der Waals surface area contributed by atoms with E-state index in [9.17, 15) is 9.59 Å². The van der Waals surface area contributed by atoms with Crippen molar-refractivity contribution >= 4 is 29.2 Å². The number of ether oxygens (including phenoxy) is 1. The van der Waals surface area contributed by atoms with Gasteiger partial charge in [0.2, 0.25) is 0 Å². The van der Waals surface area contributed by atoms with Crippen molar-refractivity contribution in [2.75, 3.05) is 11.9 Å². The molecular weight excluding hydrogens is 280 g/mol. The highest BCUT2D eigenvalue weighted by atomic mass is 35.5. The Morgan fingerprint density at radius 2 is 2.20 bits per heavy atom. The number of rotatable bonds is 4. The van der Waals surface area contributed by atoms with E-state index < -0.39 is 5.91 Å². The number of carbonyl (C=O) groups is 2. The van der Waals surface area contributed by atoms with Crippen molar-refractivity contribution in [1.82, 2.24) is 0 Å². The summed E-state index contributed by atoms with van der Waals surface area (Å²) in [5.41, 5.74) is 0.609. The monoisotopic (exact) mass is 292 g/mol. The summed E-state index contributed by atoms with van der Waals surface area (Å²) in [6.45, 7) is -0.354. The minimum Gasteiger partial charge on any atom is -0.455 e. The van der Waals surface area contributed by atoms with Crippen molar-refractivity contribution in [3.63, 3.8) is 0 Å². The number of benzene rings is 1. The lowest BCUT2D eigenvalue weighted by Crippen LogP contribution is -2.28. The number of halogens is 1. The Bertz CT molecular complexity index is 576. The highest BCUT2D eigenvalue weighted by molar-refractivity contribution is 6.31. The molecule has 0 bridgehead atoms. The number of nitriles is 1. The molecule has 0 heterocycles. The summed E-state index contributed by atoms with van der Waals surface area (Å²) in [6.07, 6.45) is 2.68. The van der Waals surface area contributed by atoms with Gasteiger partial charge in [-0.05, 0) is 31.0 Å². The quantitative estimate of drug-likeness (QED) is 0.865.